The molecule has 1 N–H and O–H groups in total. The average Bonchev–Trinajstić information content (AvgIpc) is 2.74. The molecule has 0 aromatic heterocycles. The van der Waals surface area contributed by atoms with Crippen LogP contribution in [0.15, 0.2) is 16.6 Å². The lowest BCUT2D eigenvalue weighted by molar-refractivity contribution is -0.128. The summed E-state index contributed by atoms with van der Waals surface area (Å²) in [5.41, 5.74) is 2.55. The molecule has 2 nitrogen and oxygen atoms in total. The van der Waals surface area contributed by atoms with E-state index in [4.69, 9.17) is 0 Å². The van der Waals surface area contributed by atoms with Crippen molar-refractivity contribution in [3.8, 4) is 5.75 Å². The van der Waals surface area contributed by atoms with Gasteiger partial charge in [-0.3, -0.25) is 4.79 Å². The first-order chi connectivity index (χ1) is 10.4. The summed E-state index contributed by atoms with van der Waals surface area (Å²) in [6.45, 7) is 2.19. The number of fused-ring (bicyclic) bond motifs is 5. The fourth-order valence-corrected chi connectivity index (χ4v) is 6.85. The summed E-state index contributed by atoms with van der Waals surface area (Å²) < 4.78 is 0.873. The van der Waals surface area contributed by atoms with Crippen LogP contribution in [0, 0.1) is 17.3 Å². The van der Waals surface area contributed by atoms with Gasteiger partial charge in [-0.1, -0.05) is 28.9 Å². The average molecular weight is 428 g/mol. The van der Waals surface area contributed by atoms with E-state index in [2.05, 4.69) is 44.8 Å². The van der Waals surface area contributed by atoms with E-state index in [0.717, 1.165) is 36.6 Å². The number of hydrogen-bond donors (Lipinski definition) is 1. The highest BCUT2D eigenvalue weighted by molar-refractivity contribution is 9.10. The monoisotopic (exact) mass is 426 g/mol. The van der Waals surface area contributed by atoms with Crippen LogP contribution in [0.5, 0.6) is 5.75 Å². The number of halogens is 2. The predicted molar refractivity (Wildman–Crippen MR) is 93.5 cm³/mol. The number of carbonyl (C=O) groups excluding carboxylic acids is 1. The molecule has 2 saturated carbocycles. The van der Waals surface area contributed by atoms with Crippen LogP contribution in [0.1, 0.15) is 49.7 Å². The van der Waals surface area contributed by atoms with Crippen molar-refractivity contribution in [3.63, 3.8) is 0 Å². The largest absolute Gasteiger partial charge is 0.507 e. The van der Waals surface area contributed by atoms with E-state index in [1.807, 2.05) is 6.07 Å². The Hall–Kier alpha value is -0.350. The van der Waals surface area contributed by atoms with Gasteiger partial charge in [0.15, 0.2) is 5.78 Å². The van der Waals surface area contributed by atoms with E-state index in [9.17, 15) is 9.90 Å². The van der Waals surface area contributed by atoms with Crippen LogP contribution in [0.2, 0.25) is 0 Å². The summed E-state index contributed by atoms with van der Waals surface area (Å²) in [4.78, 5) is 12.6. The number of alkyl halides is 1. The summed E-state index contributed by atoms with van der Waals surface area (Å²) in [6, 6.07) is 3.92. The first kappa shape index (κ1) is 15.2. The van der Waals surface area contributed by atoms with Crippen LogP contribution in [-0.4, -0.2) is 15.7 Å². The Bertz CT molecular complexity index is 657. The van der Waals surface area contributed by atoms with Crippen molar-refractivity contribution in [1.29, 1.82) is 0 Å². The normalized spacial score (nSPS) is 40.0. The molecule has 2 fully saturated rings. The van der Waals surface area contributed by atoms with Crippen LogP contribution in [0.4, 0.5) is 0 Å². The van der Waals surface area contributed by atoms with Crippen LogP contribution in [0.3, 0.4) is 0 Å². The number of carbonyl (C=O) groups is 1. The highest BCUT2D eigenvalue weighted by Gasteiger charge is 2.57. The second-order valence-corrected chi connectivity index (χ2v) is 9.30. The van der Waals surface area contributed by atoms with Gasteiger partial charge in [-0.2, -0.15) is 0 Å². The minimum atomic E-state index is -0.124. The lowest BCUT2D eigenvalue weighted by atomic mass is 9.55. The van der Waals surface area contributed by atoms with Crippen LogP contribution in [0.25, 0.3) is 0 Å². The number of phenolic OH excluding ortho intramolecular Hbond substituents is 1. The van der Waals surface area contributed by atoms with Gasteiger partial charge >= 0.3 is 0 Å². The lowest BCUT2D eigenvalue weighted by Gasteiger charge is -2.48. The maximum Gasteiger partial charge on any atom is 0.152 e. The Labute approximate surface area is 147 Å². The van der Waals surface area contributed by atoms with Gasteiger partial charge < -0.3 is 5.11 Å². The van der Waals surface area contributed by atoms with E-state index in [-0.39, 0.29) is 10.2 Å². The third-order valence-corrected chi connectivity index (χ3v) is 8.20. The summed E-state index contributed by atoms with van der Waals surface area (Å²) in [7, 11) is 0. The molecule has 0 aliphatic heterocycles. The molecule has 22 heavy (non-hydrogen) atoms. The van der Waals surface area contributed by atoms with Gasteiger partial charge in [0.05, 0.1) is 9.30 Å². The summed E-state index contributed by atoms with van der Waals surface area (Å²) in [6.07, 6.45) is 5.21. The molecular formula is C18H20Br2O2. The van der Waals surface area contributed by atoms with E-state index < -0.39 is 0 Å². The van der Waals surface area contributed by atoms with Crippen molar-refractivity contribution in [1.82, 2.24) is 0 Å². The second kappa shape index (κ2) is 5.07. The standard InChI is InChI=1S/C18H20Br2O2/c1-18-7-6-10-9-4-5-15(21)16(20)12(9)3-2-11(10)13(18)8-14(19)17(18)22/h4-5,10-11,13-14,21H,2-3,6-8H2,1H3/t10?,11-,13?,14-,18+/m1/s1. The fraction of sp³-hybridized carbons (Fsp3) is 0.611. The number of phenols is 1. The number of ketones is 1. The Morgan fingerprint density at radius 1 is 1.32 bits per heavy atom. The van der Waals surface area contributed by atoms with Crippen molar-refractivity contribution < 1.29 is 9.90 Å². The van der Waals surface area contributed by atoms with Crippen LogP contribution < -0.4 is 0 Å². The topological polar surface area (TPSA) is 37.3 Å². The summed E-state index contributed by atoms with van der Waals surface area (Å²) >= 11 is 7.17. The lowest BCUT2D eigenvalue weighted by Crippen LogP contribution is -2.42. The number of benzene rings is 1. The molecule has 0 spiro atoms. The first-order valence-corrected chi connectivity index (χ1v) is 9.83. The van der Waals surface area contributed by atoms with Crippen molar-refractivity contribution in [3.05, 3.63) is 27.7 Å². The summed E-state index contributed by atoms with van der Waals surface area (Å²) in [5.74, 6) is 2.42. The minimum Gasteiger partial charge on any atom is -0.507 e. The predicted octanol–water partition coefficient (Wildman–Crippen LogP) is 4.95. The van der Waals surface area contributed by atoms with Crippen molar-refractivity contribution >= 4 is 37.6 Å². The van der Waals surface area contributed by atoms with E-state index in [0.29, 0.717) is 29.3 Å². The van der Waals surface area contributed by atoms with Crippen molar-refractivity contribution in [2.24, 2.45) is 17.3 Å². The smallest absolute Gasteiger partial charge is 0.152 e. The van der Waals surface area contributed by atoms with E-state index in [1.54, 1.807) is 0 Å². The second-order valence-electron chi connectivity index (χ2n) is 7.41. The molecule has 0 radical (unpaired) electrons. The third-order valence-electron chi connectivity index (χ3n) is 6.52. The molecule has 1 aromatic rings. The van der Waals surface area contributed by atoms with Gasteiger partial charge in [0.2, 0.25) is 0 Å². The molecule has 4 heteroatoms. The Balaban J connectivity index is 1.75. The first-order valence-electron chi connectivity index (χ1n) is 8.12. The molecule has 0 amide bonds. The zero-order valence-corrected chi connectivity index (χ0v) is 15.8. The zero-order valence-electron chi connectivity index (χ0n) is 12.6. The molecule has 118 valence electrons. The van der Waals surface area contributed by atoms with Gasteiger partial charge in [0.1, 0.15) is 5.75 Å². The third kappa shape index (κ3) is 1.92. The zero-order chi connectivity index (χ0) is 15.6. The Morgan fingerprint density at radius 3 is 2.86 bits per heavy atom. The number of hydrogen-bond acceptors (Lipinski definition) is 2. The molecule has 2 unspecified atom stereocenters. The highest BCUT2D eigenvalue weighted by atomic mass is 79.9. The Morgan fingerprint density at radius 2 is 2.09 bits per heavy atom. The minimum absolute atomic E-state index is 0.0502. The van der Waals surface area contributed by atoms with Crippen LogP contribution in [-0.2, 0) is 11.2 Å². The van der Waals surface area contributed by atoms with Crippen LogP contribution >= 0.6 is 31.9 Å². The molecule has 3 aliphatic carbocycles. The SMILES string of the molecule is C[C@]12CCC3c4ccc(O)c(Br)c4CC[C@H]3C1C[C@@H](Br)C2=O. The molecule has 0 bridgehead atoms. The molecule has 0 heterocycles. The molecule has 1 aromatic carbocycles. The van der Waals surface area contributed by atoms with Crippen molar-refractivity contribution in [2.75, 3.05) is 0 Å². The maximum absolute atomic E-state index is 12.6. The van der Waals surface area contributed by atoms with Gasteiger partial charge in [-0.05, 0) is 83.0 Å². The highest BCUT2D eigenvalue weighted by Crippen LogP contribution is 2.61. The van der Waals surface area contributed by atoms with Gasteiger partial charge in [-0.15, -0.1) is 0 Å². The number of Topliss-reactive ketones (excluding diaryl/α,β-unsaturated/α-hetero) is 1. The summed E-state index contributed by atoms with van der Waals surface area (Å²) in [5, 5.41) is 9.93. The van der Waals surface area contributed by atoms with E-state index in [1.165, 1.54) is 11.1 Å². The quantitative estimate of drug-likeness (QED) is 0.594. The molecular weight excluding hydrogens is 408 g/mol. The number of rotatable bonds is 0. The molecule has 4 rings (SSSR count). The Kier molecular flexibility index (Phi) is 3.50. The molecule has 0 saturated heterocycles. The van der Waals surface area contributed by atoms with Gasteiger partial charge in [0.25, 0.3) is 0 Å². The molecule has 5 atom stereocenters. The fourth-order valence-electron chi connectivity index (χ4n) is 5.36. The molecule has 3 aliphatic rings. The van der Waals surface area contributed by atoms with E-state index >= 15 is 0 Å². The van der Waals surface area contributed by atoms with Gasteiger partial charge in [-0.25, -0.2) is 0 Å². The number of aromatic hydroxyl groups is 1. The van der Waals surface area contributed by atoms with Gasteiger partial charge in [0, 0.05) is 5.41 Å². The maximum atomic E-state index is 12.6. The van der Waals surface area contributed by atoms with Crippen molar-refractivity contribution in [2.45, 2.75) is 49.8 Å².